The normalized spacial score (nSPS) is 29.6. The van der Waals surface area contributed by atoms with Crippen molar-refractivity contribution < 1.29 is 10.2 Å². The van der Waals surface area contributed by atoms with E-state index in [0.29, 0.717) is 11.8 Å². The molecule has 0 amide bonds. The van der Waals surface area contributed by atoms with E-state index < -0.39 is 0 Å². The first-order chi connectivity index (χ1) is 10.0. The Morgan fingerprint density at radius 2 is 1.90 bits per heavy atom. The molecule has 1 aliphatic carbocycles. The summed E-state index contributed by atoms with van der Waals surface area (Å²) >= 11 is 0. The maximum atomic E-state index is 9.63. The van der Waals surface area contributed by atoms with E-state index in [-0.39, 0.29) is 24.5 Å². The molecule has 1 aromatic rings. The summed E-state index contributed by atoms with van der Waals surface area (Å²) in [5, 5.41) is 19.3. The predicted octanol–water partition coefficient (Wildman–Crippen LogP) is 3.54. The zero-order valence-electron chi connectivity index (χ0n) is 13.3. The lowest BCUT2D eigenvalue weighted by molar-refractivity contribution is 0.0458. The highest BCUT2D eigenvalue weighted by Crippen LogP contribution is 2.48. The van der Waals surface area contributed by atoms with E-state index >= 15 is 0 Å². The molecule has 2 nitrogen and oxygen atoms in total. The lowest BCUT2D eigenvalue weighted by Crippen LogP contribution is -2.40. The molecule has 0 unspecified atom stereocenters. The van der Waals surface area contributed by atoms with Gasteiger partial charge in [0.2, 0.25) is 0 Å². The van der Waals surface area contributed by atoms with E-state index in [4.69, 9.17) is 0 Å². The lowest BCUT2D eigenvalue weighted by atomic mass is 9.59. The van der Waals surface area contributed by atoms with E-state index in [1.807, 2.05) is 6.07 Å². The van der Waals surface area contributed by atoms with Crippen LogP contribution in [-0.2, 0) is 5.41 Å². The van der Waals surface area contributed by atoms with Gasteiger partial charge < -0.3 is 10.2 Å². The molecule has 2 heteroatoms. The van der Waals surface area contributed by atoms with E-state index in [1.165, 1.54) is 11.1 Å². The van der Waals surface area contributed by atoms with Gasteiger partial charge in [0.25, 0.3) is 0 Å². The molecule has 2 rings (SSSR count). The molecule has 1 fully saturated rings. The number of rotatable bonds is 5. The molecule has 0 aromatic heterocycles. The Kier molecular flexibility index (Phi) is 5.23. The number of hydrogen-bond acceptors (Lipinski definition) is 2. The number of allylic oxidation sites excluding steroid dienone is 1. The van der Waals surface area contributed by atoms with Crippen molar-refractivity contribution in [3.8, 4) is 0 Å². The first-order valence-electron chi connectivity index (χ1n) is 7.94. The molecule has 0 bridgehead atoms. The topological polar surface area (TPSA) is 40.5 Å². The molecule has 116 valence electrons. The van der Waals surface area contributed by atoms with Gasteiger partial charge in [-0.2, -0.15) is 0 Å². The van der Waals surface area contributed by atoms with Gasteiger partial charge in [0.15, 0.2) is 0 Å². The second kappa shape index (κ2) is 6.76. The number of hydrogen-bond donors (Lipinski definition) is 2. The average Bonchev–Trinajstić information content (AvgIpc) is 2.49. The largest absolute Gasteiger partial charge is 0.396 e. The van der Waals surface area contributed by atoms with Crippen LogP contribution >= 0.6 is 0 Å². The molecule has 1 saturated carbocycles. The van der Waals surface area contributed by atoms with Crippen molar-refractivity contribution in [3.05, 3.63) is 48.0 Å². The summed E-state index contributed by atoms with van der Waals surface area (Å²) in [7, 11) is 0. The van der Waals surface area contributed by atoms with Crippen LogP contribution < -0.4 is 0 Å². The molecule has 0 aliphatic heterocycles. The van der Waals surface area contributed by atoms with Crippen molar-refractivity contribution >= 4 is 0 Å². The van der Waals surface area contributed by atoms with Crippen molar-refractivity contribution in [1.29, 1.82) is 0 Å². The quantitative estimate of drug-likeness (QED) is 0.814. The minimum atomic E-state index is -0.0463. The second-order valence-electron chi connectivity index (χ2n) is 6.91. The molecule has 21 heavy (non-hydrogen) atoms. The predicted molar refractivity (Wildman–Crippen MR) is 87.1 cm³/mol. The fourth-order valence-electron chi connectivity index (χ4n) is 3.99. The third-order valence-electron chi connectivity index (χ3n) is 5.39. The van der Waals surface area contributed by atoms with Crippen LogP contribution in [0.1, 0.15) is 38.7 Å². The third-order valence-corrected chi connectivity index (χ3v) is 5.39. The molecule has 0 radical (unpaired) electrons. The van der Waals surface area contributed by atoms with Crippen LogP contribution in [0.15, 0.2) is 42.5 Å². The van der Waals surface area contributed by atoms with Crippen LogP contribution in [0.4, 0.5) is 0 Å². The maximum Gasteiger partial charge on any atom is 0.0484 e. The Labute approximate surface area is 128 Å². The summed E-state index contributed by atoms with van der Waals surface area (Å²) in [4.78, 5) is 0. The Morgan fingerprint density at radius 3 is 2.43 bits per heavy atom. The molecule has 1 aliphatic rings. The van der Waals surface area contributed by atoms with Crippen molar-refractivity contribution in [2.75, 3.05) is 13.2 Å². The van der Waals surface area contributed by atoms with Crippen molar-refractivity contribution in [1.82, 2.24) is 0 Å². The van der Waals surface area contributed by atoms with Gasteiger partial charge in [-0.15, -0.1) is 0 Å². The van der Waals surface area contributed by atoms with Gasteiger partial charge in [-0.05, 0) is 49.0 Å². The third kappa shape index (κ3) is 3.38. The highest BCUT2D eigenvalue weighted by Gasteiger charge is 2.41. The van der Waals surface area contributed by atoms with Crippen LogP contribution in [0.25, 0.3) is 0 Å². The zero-order valence-corrected chi connectivity index (χ0v) is 13.3. The first kappa shape index (κ1) is 16.3. The first-order valence-corrected chi connectivity index (χ1v) is 7.94. The van der Waals surface area contributed by atoms with E-state index in [1.54, 1.807) is 0 Å². The Balaban J connectivity index is 2.28. The minimum absolute atomic E-state index is 0.0463. The molecule has 2 N–H and O–H groups in total. The summed E-state index contributed by atoms with van der Waals surface area (Å²) in [6.07, 6.45) is 3.22. The molecule has 0 heterocycles. The van der Waals surface area contributed by atoms with E-state index in [0.717, 1.165) is 19.3 Å². The Bertz CT molecular complexity index is 464. The smallest absolute Gasteiger partial charge is 0.0484 e. The van der Waals surface area contributed by atoms with Gasteiger partial charge in [-0.25, -0.2) is 0 Å². The standard InChI is InChI=1S/C19H28O2/c1-14(2)17-9-10-19(3,16-7-5-4-6-8-16)11-18(17)15(12-20)13-21/h4-8,15,17-18,20-21H,1,9-13H2,2-3H3/t17-,18-,19-/m0/s1. The van der Waals surface area contributed by atoms with Gasteiger partial charge in [0.05, 0.1) is 0 Å². The number of benzene rings is 1. The number of aliphatic hydroxyl groups excluding tert-OH is 2. The highest BCUT2D eigenvalue weighted by atomic mass is 16.3. The van der Waals surface area contributed by atoms with Crippen LogP contribution in [-0.4, -0.2) is 23.4 Å². The van der Waals surface area contributed by atoms with Crippen LogP contribution in [0.3, 0.4) is 0 Å². The summed E-state index contributed by atoms with van der Waals surface area (Å²) < 4.78 is 0. The molecule has 0 spiro atoms. The van der Waals surface area contributed by atoms with Crippen LogP contribution in [0, 0.1) is 17.8 Å². The molecule has 3 atom stereocenters. The fraction of sp³-hybridized carbons (Fsp3) is 0.579. The molecule has 0 saturated heterocycles. The van der Waals surface area contributed by atoms with Gasteiger partial charge in [-0.1, -0.05) is 49.4 Å². The summed E-state index contributed by atoms with van der Waals surface area (Å²) in [6, 6.07) is 10.6. The maximum absolute atomic E-state index is 9.63. The van der Waals surface area contributed by atoms with Crippen molar-refractivity contribution in [2.24, 2.45) is 17.8 Å². The number of aliphatic hydroxyl groups is 2. The fourth-order valence-corrected chi connectivity index (χ4v) is 3.99. The SMILES string of the molecule is C=C(C)[C@@H]1CC[C@](C)(c2ccccc2)C[C@H]1C(CO)CO. The van der Waals surface area contributed by atoms with Crippen molar-refractivity contribution in [3.63, 3.8) is 0 Å². The lowest BCUT2D eigenvalue weighted by Gasteiger charge is -2.46. The highest BCUT2D eigenvalue weighted by molar-refractivity contribution is 5.26. The van der Waals surface area contributed by atoms with Crippen LogP contribution in [0.5, 0.6) is 0 Å². The van der Waals surface area contributed by atoms with E-state index in [9.17, 15) is 10.2 Å². The summed E-state index contributed by atoms with van der Waals surface area (Å²) in [5.41, 5.74) is 2.67. The molecule has 1 aromatic carbocycles. The van der Waals surface area contributed by atoms with Gasteiger partial charge >= 0.3 is 0 Å². The van der Waals surface area contributed by atoms with E-state index in [2.05, 4.69) is 44.7 Å². The van der Waals surface area contributed by atoms with Gasteiger partial charge in [0, 0.05) is 19.1 Å². The van der Waals surface area contributed by atoms with Gasteiger partial charge in [0.1, 0.15) is 0 Å². The second-order valence-corrected chi connectivity index (χ2v) is 6.91. The Morgan fingerprint density at radius 1 is 1.29 bits per heavy atom. The Hall–Kier alpha value is -1.12. The summed E-state index contributed by atoms with van der Waals surface area (Å²) in [5.74, 6) is 0.664. The monoisotopic (exact) mass is 288 g/mol. The van der Waals surface area contributed by atoms with Crippen LogP contribution in [0.2, 0.25) is 0 Å². The minimum Gasteiger partial charge on any atom is -0.396 e. The molecular weight excluding hydrogens is 260 g/mol. The van der Waals surface area contributed by atoms with Crippen molar-refractivity contribution in [2.45, 2.75) is 38.5 Å². The van der Waals surface area contributed by atoms with Gasteiger partial charge in [-0.3, -0.25) is 0 Å². The zero-order chi connectivity index (χ0) is 15.5. The summed E-state index contributed by atoms with van der Waals surface area (Å²) in [6.45, 7) is 8.63. The molecular formula is C19H28O2. The average molecular weight is 288 g/mol.